The van der Waals surface area contributed by atoms with Crippen molar-refractivity contribution in [3.63, 3.8) is 0 Å². The van der Waals surface area contributed by atoms with Crippen molar-refractivity contribution in [2.24, 2.45) is 5.41 Å². The summed E-state index contributed by atoms with van der Waals surface area (Å²) in [5, 5.41) is 3.59. The van der Waals surface area contributed by atoms with Crippen LogP contribution in [0.15, 0.2) is 18.5 Å². The van der Waals surface area contributed by atoms with E-state index in [-0.39, 0.29) is 0 Å². The Labute approximate surface area is 86.3 Å². The third-order valence-electron chi connectivity index (χ3n) is 3.24. The van der Waals surface area contributed by atoms with Gasteiger partial charge in [-0.2, -0.15) is 0 Å². The van der Waals surface area contributed by atoms with E-state index in [0.29, 0.717) is 5.41 Å². The number of nitrogens with one attached hydrogen (secondary N) is 1. The number of hydrogen-bond acceptors (Lipinski definition) is 1. The fourth-order valence-electron chi connectivity index (χ4n) is 1.85. The third kappa shape index (κ3) is 2.01. The lowest BCUT2D eigenvalue weighted by atomic mass is 10.2. The van der Waals surface area contributed by atoms with Gasteiger partial charge in [0.1, 0.15) is 0 Å². The van der Waals surface area contributed by atoms with E-state index in [2.05, 4.69) is 49.1 Å². The summed E-state index contributed by atoms with van der Waals surface area (Å²) in [6.45, 7) is 8.89. The lowest BCUT2D eigenvalue weighted by molar-refractivity contribution is 0.542. The molecule has 0 spiro atoms. The van der Waals surface area contributed by atoms with E-state index in [0.717, 1.165) is 19.1 Å². The molecule has 14 heavy (non-hydrogen) atoms. The number of aromatic nitrogens is 1. The second-order valence-corrected chi connectivity index (χ2v) is 4.98. The van der Waals surface area contributed by atoms with Crippen LogP contribution in [0, 0.1) is 5.41 Å². The maximum atomic E-state index is 3.59. The highest BCUT2D eigenvalue weighted by Gasteiger charge is 2.44. The molecule has 0 radical (unpaired) electrons. The highest BCUT2D eigenvalue weighted by atomic mass is 15.0. The SMILES string of the molecule is CCn1ccc(CNC2CC2(C)C)c1. The lowest BCUT2D eigenvalue weighted by Gasteiger charge is -2.04. The van der Waals surface area contributed by atoms with Crippen molar-refractivity contribution in [2.45, 2.75) is 46.3 Å². The van der Waals surface area contributed by atoms with Crippen molar-refractivity contribution in [1.82, 2.24) is 9.88 Å². The summed E-state index contributed by atoms with van der Waals surface area (Å²) in [4.78, 5) is 0. The van der Waals surface area contributed by atoms with Crippen LogP contribution in [0.4, 0.5) is 0 Å². The van der Waals surface area contributed by atoms with Gasteiger partial charge in [0.15, 0.2) is 0 Å². The quantitative estimate of drug-likeness (QED) is 0.775. The standard InChI is InChI=1S/C12H20N2/c1-4-14-6-5-10(9-14)8-13-11-7-12(11,2)3/h5-6,9,11,13H,4,7-8H2,1-3H3. The predicted octanol–water partition coefficient (Wildman–Crippen LogP) is 2.40. The van der Waals surface area contributed by atoms with Crippen molar-refractivity contribution >= 4 is 0 Å². The fraction of sp³-hybridized carbons (Fsp3) is 0.667. The first-order valence-corrected chi connectivity index (χ1v) is 5.50. The third-order valence-corrected chi connectivity index (χ3v) is 3.24. The van der Waals surface area contributed by atoms with Crippen LogP contribution in [0.3, 0.4) is 0 Å². The van der Waals surface area contributed by atoms with Gasteiger partial charge in [0.05, 0.1) is 0 Å². The summed E-state index contributed by atoms with van der Waals surface area (Å²) in [7, 11) is 0. The van der Waals surface area contributed by atoms with E-state index in [1.807, 2.05) is 0 Å². The molecule has 2 nitrogen and oxygen atoms in total. The summed E-state index contributed by atoms with van der Waals surface area (Å²) in [6, 6.07) is 2.93. The fourth-order valence-corrected chi connectivity index (χ4v) is 1.85. The van der Waals surface area contributed by atoms with Crippen LogP contribution in [0.2, 0.25) is 0 Å². The Kier molecular flexibility index (Phi) is 2.40. The van der Waals surface area contributed by atoms with Gasteiger partial charge in [-0.15, -0.1) is 0 Å². The Morgan fingerprint density at radius 3 is 2.79 bits per heavy atom. The predicted molar refractivity (Wildman–Crippen MR) is 59.1 cm³/mol. The molecule has 0 aromatic carbocycles. The Hall–Kier alpha value is -0.760. The molecule has 0 bridgehead atoms. The van der Waals surface area contributed by atoms with E-state index < -0.39 is 0 Å². The Bertz CT molecular complexity index is 312. The van der Waals surface area contributed by atoms with Gasteiger partial charge >= 0.3 is 0 Å². The molecule has 1 aromatic rings. The first kappa shape index (κ1) is 9.78. The van der Waals surface area contributed by atoms with Crippen LogP contribution in [0.25, 0.3) is 0 Å². The summed E-state index contributed by atoms with van der Waals surface area (Å²) >= 11 is 0. The van der Waals surface area contributed by atoms with Crippen molar-refractivity contribution in [2.75, 3.05) is 0 Å². The van der Waals surface area contributed by atoms with Crippen LogP contribution in [0.1, 0.15) is 32.8 Å². The zero-order valence-corrected chi connectivity index (χ0v) is 9.38. The van der Waals surface area contributed by atoms with Crippen LogP contribution >= 0.6 is 0 Å². The molecule has 0 saturated heterocycles. The van der Waals surface area contributed by atoms with Gasteiger partial charge in [0.2, 0.25) is 0 Å². The van der Waals surface area contributed by atoms with Crippen molar-refractivity contribution in [3.8, 4) is 0 Å². The molecule has 1 saturated carbocycles. The molecule has 1 fully saturated rings. The van der Waals surface area contributed by atoms with E-state index in [1.54, 1.807) is 0 Å². The first-order valence-electron chi connectivity index (χ1n) is 5.50. The van der Waals surface area contributed by atoms with Crippen LogP contribution < -0.4 is 5.32 Å². The second kappa shape index (κ2) is 3.43. The molecule has 0 amide bonds. The normalized spacial score (nSPS) is 23.8. The van der Waals surface area contributed by atoms with Gasteiger partial charge in [-0.05, 0) is 30.4 Å². The maximum Gasteiger partial charge on any atom is 0.0223 e. The number of aryl methyl sites for hydroxylation is 1. The Balaban J connectivity index is 1.81. The molecule has 2 rings (SSSR count). The lowest BCUT2D eigenvalue weighted by Crippen LogP contribution is -2.19. The average molecular weight is 192 g/mol. The molecular weight excluding hydrogens is 172 g/mol. The van der Waals surface area contributed by atoms with Gasteiger partial charge in [0, 0.05) is 31.5 Å². The van der Waals surface area contributed by atoms with Crippen molar-refractivity contribution < 1.29 is 0 Å². The van der Waals surface area contributed by atoms with Gasteiger partial charge in [-0.3, -0.25) is 0 Å². The number of rotatable bonds is 4. The molecule has 1 atom stereocenters. The van der Waals surface area contributed by atoms with Crippen LogP contribution in [0.5, 0.6) is 0 Å². The zero-order valence-electron chi connectivity index (χ0n) is 9.38. The van der Waals surface area contributed by atoms with Gasteiger partial charge in [0.25, 0.3) is 0 Å². The molecule has 0 aliphatic heterocycles. The first-order chi connectivity index (χ1) is 6.62. The van der Waals surface area contributed by atoms with Gasteiger partial charge < -0.3 is 9.88 Å². The van der Waals surface area contributed by atoms with E-state index in [9.17, 15) is 0 Å². The summed E-state index contributed by atoms with van der Waals surface area (Å²) in [5.74, 6) is 0. The maximum absolute atomic E-state index is 3.59. The molecule has 1 aliphatic carbocycles. The minimum atomic E-state index is 0.535. The number of nitrogens with zero attached hydrogens (tertiary/aromatic N) is 1. The minimum Gasteiger partial charge on any atom is -0.354 e. The van der Waals surface area contributed by atoms with Gasteiger partial charge in [-0.25, -0.2) is 0 Å². The molecule has 1 aliphatic rings. The number of hydrogen-bond donors (Lipinski definition) is 1. The average Bonchev–Trinajstić information content (AvgIpc) is 2.62. The van der Waals surface area contributed by atoms with Crippen LogP contribution in [-0.2, 0) is 13.1 Å². The summed E-state index contributed by atoms with van der Waals surface area (Å²) in [5.41, 5.74) is 1.93. The molecular formula is C12H20N2. The molecule has 2 heteroatoms. The van der Waals surface area contributed by atoms with Crippen molar-refractivity contribution in [1.29, 1.82) is 0 Å². The molecule has 1 aromatic heterocycles. The molecule has 1 N–H and O–H groups in total. The highest BCUT2D eigenvalue weighted by Crippen LogP contribution is 2.44. The second-order valence-electron chi connectivity index (χ2n) is 4.98. The monoisotopic (exact) mass is 192 g/mol. The zero-order chi connectivity index (χ0) is 10.2. The smallest absolute Gasteiger partial charge is 0.0223 e. The largest absolute Gasteiger partial charge is 0.354 e. The summed E-state index contributed by atoms with van der Waals surface area (Å²) in [6.07, 6.45) is 5.69. The van der Waals surface area contributed by atoms with E-state index in [1.165, 1.54) is 12.0 Å². The Morgan fingerprint density at radius 1 is 1.57 bits per heavy atom. The highest BCUT2D eigenvalue weighted by molar-refractivity contribution is 5.11. The van der Waals surface area contributed by atoms with Crippen LogP contribution in [-0.4, -0.2) is 10.6 Å². The molecule has 1 unspecified atom stereocenters. The molecule has 78 valence electrons. The van der Waals surface area contributed by atoms with Gasteiger partial charge in [-0.1, -0.05) is 13.8 Å². The summed E-state index contributed by atoms with van der Waals surface area (Å²) < 4.78 is 2.22. The topological polar surface area (TPSA) is 17.0 Å². The Morgan fingerprint density at radius 2 is 2.29 bits per heavy atom. The van der Waals surface area contributed by atoms with Crippen molar-refractivity contribution in [3.05, 3.63) is 24.0 Å². The van der Waals surface area contributed by atoms with E-state index in [4.69, 9.17) is 0 Å². The minimum absolute atomic E-state index is 0.535. The van der Waals surface area contributed by atoms with E-state index >= 15 is 0 Å². The molecule has 1 heterocycles.